The molecular formula is C16H17N5OS. The summed E-state index contributed by atoms with van der Waals surface area (Å²) >= 11 is 1.18. The molecular weight excluding hydrogens is 310 g/mol. The number of nitrogens with zero attached hydrogens (tertiary/aromatic N) is 5. The molecule has 1 aliphatic rings. The van der Waals surface area contributed by atoms with Crippen LogP contribution in [0.3, 0.4) is 0 Å². The van der Waals surface area contributed by atoms with Crippen molar-refractivity contribution in [1.82, 2.24) is 23.2 Å². The van der Waals surface area contributed by atoms with E-state index in [-0.39, 0.29) is 5.91 Å². The van der Waals surface area contributed by atoms with Crippen molar-refractivity contribution in [3.63, 3.8) is 0 Å². The van der Waals surface area contributed by atoms with Gasteiger partial charge < -0.3 is 9.47 Å². The van der Waals surface area contributed by atoms with Gasteiger partial charge in [0.25, 0.3) is 5.91 Å². The number of rotatable bonds is 3. The van der Waals surface area contributed by atoms with Crippen LogP contribution in [-0.2, 0) is 6.54 Å². The Labute approximate surface area is 138 Å². The minimum atomic E-state index is 0.0981. The Morgan fingerprint density at radius 2 is 2.04 bits per heavy atom. The summed E-state index contributed by atoms with van der Waals surface area (Å²) in [4.78, 5) is 18.7. The molecule has 0 atom stereocenters. The highest BCUT2D eigenvalue weighted by Crippen LogP contribution is 2.22. The summed E-state index contributed by atoms with van der Waals surface area (Å²) in [6, 6.07) is 5.57. The Morgan fingerprint density at radius 1 is 1.22 bits per heavy atom. The molecule has 2 aromatic heterocycles. The number of amides is 1. The Kier molecular flexibility index (Phi) is 3.78. The van der Waals surface area contributed by atoms with E-state index in [1.807, 2.05) is 41.8 Å². The van der Waals surface area contributed by atoms with Gasteiger partial charge in [-0.05, 0) is 37.0 Å². The summed E-state index contributed by atoms with van der Waals surface area (Å²) in [5.74, 6) is 0.708. The van der Waals surface area contributed by atoms with Crippen molar-refractivity contribution in [3.8, 4) is 0 Å². The van der Waals surface area contributed by atoms with Crippen LogP contribution in [0, 0.1) is 5.92 Å². The number of carbonyl (C=O) groups is 1. The number of benzene rings is 1. The average Bonchev–Trinajstić information content (AvgIpc) is 3.25. The minimum absolute atomic E-state index is 0.0981. The highest BCUT2D eigenvalue weighted by atomic mass is 32.1. The van der Waals surface area contributed by atoms with E-state index >= 15 is 0 Å². The summed E-state index contributed by atoms with van der Waals surface area (Å²) in [7, 11) is 0. The molecule has 1 fully saturated rings. The fourth-order valence-electron chi connectivity index (χ4n) is 3.11. The first-order valence-electron chi connectivity index (χ1n) is 7.77. The molecule has 0 aliphatic carbocycles. The Bertz CT molecular complexity index is 805. The lowest BCUT2D eigenvalue weighted by atomic mass is 9.96. The lowest BCUT2D eigenvalue weighted by Crippen LogP contribution is -2.39. The molecule has 118 valence electrons. The van der Waals surface area contributed by atoms with Gasteiger partial charge in [-0.25, -0.2) is 4.98 Å². The van der Waals surface area contributed by atoms with Crippen LogP contribution >= 0.6 is 11.7 Å². The molecule has 6 nitrogen and oxygen atoms in total. The quantitative estimate of drug-likeness (QED) is 0.741. The first-order valence-corrected chi connectivity index (χ1v) is 8.50. The maximum absolute atomic E-state index is 12.7. The van der Waals surface area contributed by atoms with Crippen LogP contribution in [0.5, 0.6) is 0 Å². The fraction of sp³-hybridized carbons (Fsp3) is 0.375. The molecule has 0 radical (unpaired) electrons. The third-order valence-electron chi connectivity index (χ3n) is 4.43. The summed E-state index contributed by atoms with van der Waals surface area (Å²) in [5.41, 5.74) is 2.36. The van der Waals surface area contributed by atoms with Crippen molar-refractivity contribution < 1.29 is 4.79 Å². The Balaban J connectivity index is 1.40. The number of piperidine rings is 1. The van der Waals surface area contributed by atoms with Gasteiger partial charge in [0.1, 0.15) is 11.0 Å². The Morgan fingerprint density at radius 3 is 2.83 bits per heavy atom. The lowest BCUT2D eigenvalue weighted by Gasteiger charge is -2.32. The van der Waals surface area contributed by atoms with Crippen LogP contribution in [0.25, 0.3) is 11.0 Å². The van der Waals surface area contributed by atoms with Gasteiger partial charge in [0.15, 0.2) is 0 Å². The molecule has 7 heteroatoms. The fourth-order valence-corrected chi connectivity index (χ4v) is 3.63. The predicted octanol–water partition coefficient (Wildman–Crippen LogP) is 2.44. The van der Waals surface area contributed by atoms with E-state index in [4.69, 9.17) is 0 Å². The largest absolute Gasteiger partial charge is 0.339 e. The highest BCUT2D eigenvalue weighted by Gasteiger charge is 2.24. The number of carbonyl (C=O) groups excluding carboxylic acids is 1. The molecule has 0 spiro atoms. The summed E-state index contributed by atoms with van der Waals surface area (Å²) in [6.45, 7) is 2.61. The van der Waals surface area contributed by atoms with E-state index in [0.717, 1.165) is 43.5 Å². The van der Waals surface area contributed by atoms with Gasteiger partial charge in [0.05, 0.1) is 18.1 Å². The van der Waals surface area contributed by atoms with Crippen molar-refractivity contribution >= 4 is 28.7 Å². The maximum atomic E-state index is 12.7. The minimum Gasteiger partial charge on any atom is -0.339 e. The van der Waals surface area contributed by atoms with Crippen molar-refractivity contribution in [2.45, 2.75) is 19.4 Å². The number of aromatic nitrogens is 4. The van der Waals surface area contributed by atoms with E-state index in [1.54, 1.807) is 0 Å². The molecule has 0 bridgehead atoms. The van der Waals surface area contributed by atoms with Gasteiger partial charge in [0, 0.05) is 37.6 Å². The van der Waals surface area contributed by atoms with E-state index in [1.165, 1.54) is 11.7 Å². The predicted molar refractivity (Wildman–Crippen MR) is 88.3 cm³/mol. The van der Waals surface area contributed by atoms with Crippen molar-refractivity contribution in [1.29, 1.82) is 0 Å². The van der Waals surface area contributed by atoms with Crippen molar-refractivity contribution in [3.05, 3.63) is 42.5 Å². The first kappa shape index (κ1) is 14.3. The van der Waals surface area contributed by atoms with Crippen LogP contribution < -0.4 is 0 Å². The summed E-state index contributed by atoms with van der Waals surface area (Å²) in [6.07, 6.45) is 7.72. The monoisotopic (exact) mass is 327 g/mol. The third-order valence-corrected chi connectivity index (χ3v) is 4.99. The van der Waals surface area contributed by atoms with Crippen molar-refractivity contribution in [2.24, 2.45) is 5.92 Å². The zero-order valence-electron chi connectivity index (χ0n) is 12.6. The zero-order valence-corrected chi connectivity index (χ0v) is 13.4. The topological polar surface area (TPSA) is 63.9 Å². The third kappa shape index (κ3) is 2.96. The molecule has 0 saturated carbocycles. The second-order valence-electron chi connectivity index (χ2n) is 5.96. The molecule has 1 amide bonds. The van der Waals surface area contributed by atoms with Crippen LogP contribution in [0.2, 0.25) is 0 Å². The standard InChI is InChI=1S/C16H17N5OS/c22-16(13-1-2-14-15(9-13)19-23-18-14)21-6-3-12(4-7-21)10-20-8-5-17-11-20/h1-2,5,8-9,11-12H,3-4,6-7,10H2. The molecule has 3 heterocycles. The average molecular weight is 327 g/mol. The summed E-state index contributed by atoms with van der Waals surface area (Å²) < 4.78 is 10.5. The molecule has 4 rings (SSSR count). The van der Waals surface area contributed by atoms with Crippen LogP contribution in [0.15, 0.2) is 36.9 Å². The SMILES string of the molecule is O=C(c1ccc2nsnc2c1)N1CCC(Cn2ccnc2)CC1. The second-order valence-corrected chi connectivity index (χ2v) is 6.49. The van der Waals surface area contributed by atoms with Gasteiger partial charge >= 0.3 is 0 Å². The number of hydrogen-bond donors (Lipinski definition) is 0. The normalized spacial score (nSPS) is 16.1. The van der Waals surface area contributed by atoms with Crippen LogP contribution in [0.4, 0.5) is 0 Å². The molecule has 1 aromatic carbocycles. The van der Waals surface area contributed by atoms with Gasteiger partial charge in [-0.2, -0.15) is 8.75 Å². The second kappa shape index (κ2) is 6.08. The van der Waals surface area contributed by atoms with Gasteiger partial charge in [0.2, 0.25) is 0 Å². The molecule has 0 N–H and O–H groups in total. The molecule has 1 aliphatic heterocycles. The van der Waals surface area contributed by atoms with E-state index in [2.05, 4.69) is 18.3 Å². The number of hydrogen-bond acceptors (Lipinski definition) is 5. The first-order chi connectivity index (χ1) is 11.3. The van der Waals surface area contributed by atoms with Gasteiger partial charge in [-0.3, -0.25) is 4.79 Å². The van der Waals surface area contributed by atoms with E-state index < -0.39 is 0 Å². The number of fused-ring (bicyclic) bond motifs is 1. The van der Waals surface area contributed by atoms with Crippen LogP contribution in [-0.4, -0.2) is 42.2 Å². The number of imidazole rings is 1. The van der Waals surface area contributed by atoms with E-state index in [0.29, 0.717) is 11.5 Å². The number of likely N-dealkylation sites (tertiary alicyclic amines) is 1. The maximum Gasteiger partial charge on any atom is 0.253 e. The molecule has 3 aromatic rings. The van der Waals surface area contributed by atoms with Crippen molar-refractivity contribution in [2.75, 3.05) is 13.1 Å². The molecule has 1 saturated heterocycles. The lowest BCUT2D eigenvalue weighted by molar-refractivity contribution is 0.0683. The molecule has 0 unspecified atom stereocenters. The van der Waals surface area contributed by atoms with E-state index in [9.17, 15) is 4.79 Å². The smallest absolute Gasteiger partial charge is 0.253 e. The van der Waals surface area contributed by atoms with Gasteiger partial charge in [-0.15, -0.1) is 0 Å². The summed E-state index contributed by atoms with van der Waals surface area (Å²) in [5, 5.41) is 0. The molecule has 23 heavy (non-hydrogen) atoms. The Hall–Kier alpha value is -2.28. The van der Waals surface area contributed by atoms with Crippen LogP contribution in [0.1, 0.15) is 23.2 Å². The highest BCUT2D eigenvalue weighted by molar-refractivity contribution is 7.00. The van der Waals surface area contributed by atoms with Gasteiger partial charge in [-0.1, -0.05) is 0 Å². The zero-order chi connectivity index (χ0) is 15.6.